The van der Waals surface area contributed by atoms with Gasteiger partial charge in [-0.1, -0.05) is 18.7 Å². The van der Waals surface area contributed by atoms with E-state index < -0.39 is 0 Å². The molecule has 0 radical (unpaired) electrons. The third kappa shape index (κ3) is 2.59. The van der Waals surface area contributed by atoms with Crippen molar-refractivity contribution in [3.05, 3.63) is 47.3 Å². The van der Waals surface area contributed by atoms with Crippen molar-refractivity contribution in [3.63, 3.8) is 0 Å². The van der Waals surface area contributed by atoms with Gasteiger partial charge in [0.25, 0.3) is 0 Å². The van der Waals surface area contributed by atoms with Crippen molar-refractivity contribution in [2.75, 3.05) is 0 Å². The van der Waals surface area contributed by atoms with Gasteiger partial charge in [0.05, 0.1) is 11.4 Å². The second kappa shape index (κ2) is 5.04. The lowest BCUT2D eigenvalue weighted by Gasteiger charge is -2.15. The maximum atomic E-state index is 11.4. The van der Waals surface area contributed by atoms with E-state index in [-0.39, 0.29) is 5.91 Å². The molecule has 0 bridgehead atoms. The number of allylic oxidation sites excluding steroid dienone is 1. The third-order valence-electron chi connectivity index (χ3n) is 2.92. The second-order valence-electron chi connectivity index (χ2n) is 4.51. The molecule has 0 atom stereocenters. The molecule has 0 aliphatic heterocycles. The number of nitrogens with two attached hydrogens (primary N) is 1. The lowest BCUT2D eigenvalue weighted by atomic mass is 9.98. The average molecular weight is 243 g/mol. The summed E-state index contributed by atoms with van der Waals surface area (Å²) in [5, 5.41) is 2.79. The molecule has 0 aromatic carbocycles. The summed E-state index contributed by atoms with van der Waals surface area (Å²) < 4.78 is 0. The molecule has 0 saturated heterocycles. The Morgan fingerprint density at radius 1 is 1.61 bits per heavy atom. The molecule has 4 nitrogen and oxygen atoms in total. The summed E-state index contributed by atoms with van der Waals surface area (Å²) in [6.45, 7) is 5.75. The van der Waals surface area contributed by atoms with Gasteiger partial charge in [-0.3, -0.25) is 9.78 Å². The number of nitrogens with one attached hydrogen (secondary N) is 1. The number of amides is 1. The molecule has 4 heteroatoms. The van der Waals surface area contributed by atoms with Crippen molar-refractivity contribution in [2.45, 2.75) is 26.3 Å². The van der Waals surface area contributed by atoms with E-state index in [1.54, 1.807) is 13.1 Å². The molecule has 0 saturated carbocycles. The third-order valence-corrected chi connectivity index (χ3v) is 2.92. The van der Waals surface area contributed by atoms with Crippen LogP contribution in [-0.4, -0.2) is 10.9 Å². The minimum absolute atomic E-state index is 0.132. The fraction of sp³-hybridized carbons (Fsp3) is 0.286. The summed E-state index contributed by atoms with van der Waals surface area (Å²) in [6, 6.07) is 2.06. The first-order valence-corrected chi connectivity index (χ1v) is 5.95. The topological polar surface area (TPSA) is 68.0 Å². The van der Waals surface area contributed by atoms with Crippen molar-refractivity contribution < 1.29 is 4.79 Å². The Morgan fingerprint density at radius 3 is 3.11 bits per heavy atom. The van der Waals surface area contributed by atoms with Crippen LogP contribution in [-0.2, 0) is 17.8 Å². The number of carbonyl (C=O) groups excluding carboxylic acids is 1. The highest BCUT2D eigenvalue weighted by Gasteiger charge is 2.12. The smallest absolute Gasteiger partial charge is 0.246 e. The number of rotatable bonds is 3. The maximum Gasteiger partial charge on any atom is 0.246 e. The van der Waals surface area contributed by atoms with Gasteiger partial charge in [0.2, 0.25) is 5.91 Å². The standard InChI is InChI=1S/C14H17N3O/c1-9(2)14(18)17-8-10-6-11-4-3-5-12(15)13(11)16-7-10/h5-7H,1,3-4,8,15H2,2H3,(H,17,18). The predicted molar refractivity (Wildman–Crippen MR) is 71.4 cm³/mol. The molecule has 18 heavy (non-hydrogen) atoms. The van der Waals surface area contributed by atoms with Crippen LogP contribution in [0.4, 0.5) is 0 Å². The molecular formula is C14H17N3O. The fourth-order valence-corrected chi connectivity index (χ4v) is 1.92. The Bertz CT molecular complexity index is 532. The molecule has 1 aliphatic carbocycles. The average Bonchev–Trinajstić information content (AvgIpc) is 2.36. The van der Waals surface area contributed by atoms with Gasteiger partial charge in [-0.2, -0.15) is 0 Å². The van der Waals surface area contributed by atoms with Crippen molar-refractivity contribution >= 4 is 11.6 Å². The Kier molecular flexibility index (Phi) is 3.46. The summed E-state index contributed by atoms with van der Waals surface area (Å²) in [6.07, 6.45) is 5.65. The van der Waals surface area contributed by atoms with Crippen LogP contribution in [0, 0.1) is 0 Å². The monoisotopic (exact) mass is 243 g/mol. The number of aromatic nitrogens is 1. The number of nitrogens with zero attached hydrogens (tertiary/aromatic N) is 1. The van der Waals surface area contributed by atoms with Crippen LogP contribution < -0.4 is 11.1 Å². The van der Waals surface area contributed by atoms with Crippen LogP contribution in [0.3, 0.4) is 0 Å². The zero-order chi connectivity index (χ0) is 13.1. The summed E-state index contributed by atoms with van der Waals surface area (Å²) >= 11 is 0. The van der Waals surface area contributed by atoms with Gasteiger partial charge >= 0.3 is 0 Å². The molecule has 3 N–H and O–H groups in total. The number of hydrogen-bond acceptors (Lipinski definition) is 3. The normalized spacial score (nSPS) is 13.5. The number of hydrogen-bond donors (Lipinski definition) is 2. The number of fused-ring (bicyclic) bond motifs is 1. The molecule has 0 fully saturated rings. The quantitative estimate of drug-likeness (QED) is 0.791. The van der Waals surface area contributed by atoms with Gasteiger partial charge in [-0.15, -0.1) is 0 Å². The van der Waals surface area contributed by atoms with E-state index in [0.717, 1.165) is 35.4 Å². The lowest BCUT2D eigenvalue weighted by Crippen LogP contribution is -2.23. The number of aryl methyl sites for hydroxylation is 1. The van der Waals surface area contributed by atoms with E-state index in [0.29, 0.717) is 12.1 Å². The predicted octanol–water partition coefficient (Wildman–Crippen LogP) is 1.52. The van der Waals surface area contributed by atoms with Gasteiger partial charge in [0, 0.05) is 18.3 Å². The number of pyridine rings is 1. The van der Waals surface area contributed by atoms with Crippen LogP contribution in [0.2, 0.25) is 0 Å². The SMILES string of the molecule is C=C(C)C(=O)NCc1cnc2c(c1)CCC=C2N. The Balaban J connectivity index is 2.10. The van der Waals surface area contributed by atoms with Crippen LogP contribution in [0.1, 0.15) is 30.2 Å². The van der Waals surface area contributed by atoms with E-state index in [4.69, 9.17) is 5.73 Å². The lowest BCUT2D eigenvalue weighted by molar-refractivity contribution is -0.117. The van der Waals surface area contributed by atoms with E-state index >= 15 is 0 Å². The molecule has 1 aromatic heterocycles. The summed E-state index contributed by atoms with van der Waals surface area (Å²) in [5.41, 5.74) is 10.1. The summed E-state index contributed by atoms with van der Waals surface area (Å²) in [4.78, 5) is 15.8. The van der Waals surface area contributed by atoms with Crippen LogP contribution in [0.15, 0.2) is 30.5 Å². The van der Waals surface area contributed by atoms with Crippen LogP contribution in [0.5, 0.6) is 0 Å². The van der Waals surface area contributed by atoms with Gasteiger partial charge in [0.1, 0.15) is 0 Å². The van der Waals surface area contributed by atoms with Crippen molar-refractivity contribution in [1.29, 1.82) is 0 Å². The van der Waals surface area contributed by atoms with Gasteiger partial charge in [0.15, 0.2) is 0 Å². The summed E-state index contributed by atoms with van der Waals surface area (Å²) in [7, 11) is 0. The van der Waals surface area contributed by atoms with Crippen LogP contribution >= 0.6 is 0 Å². The van der Waals surface area contributed by atoms with Crippen molar-refractivity contribution in [2.24, 2.45) is 5.73 Å². The van der Waals surface area contributed by atoms with Gasteiger partial charge in [-0.25, -0.2) is 0 Å². The van der Waals surface area contributed by atoms with Gasteiger partial charge in [-0.05, 0) is 30.9 Å². The Morgan fingerprint density at radius 2 is 2.39 bits per heavy atom. The van der Waals surface area contributed by atoms with E-state index in [2.05, 4.69) is 22.9 Å². The zero-order valence-corrected chi connectivity index (χ0v) is 10.5. The Labute approximate surface area is 107 Å². The molecule has 0 unspecified atom stereocenters. The van der Waals surface area contributed by atoms with E-state index in [1.165, 1.54) is 0 Å². The fourth-order valence-electron chi connectivity index (χ4n) is 1.92. The second-order valence-corrected chi connectivity index (χ2v) is 4.51. The molecule has 1 amide bonds. The highest BCUT2D eigenvalue weighted by atomic mass is 16.1. The highest BCUT2D eigenvalue weighted by molar-refractivity contribution is 5.92. The van der Waals surface area contributed by atoms with Crippen molar-refractivity contribution in [1.82, 2.24) is 10.3 Å². The van der Waals surface area contributed by atoms with Gasteiger partial charge < -0.3 is 11.1 Å². The molecule has 1 heterocycles. The minimum Gasteiger partial charge on any atom is -0.397 e. The largest absolute Gasteiger partial charge is 0.397 e. The first kappa shape index (κ1) is 12.4. The molecule has 1 aliphatic rings. The van der Waals surface area contributed by atoms with E-state index in [1.807, 2.05) is 6.08 Å². The highest BCUT2D eigenvalue weighted by Crippen LogP contribution is 2.21. The molecular weight excluding hydrogens is 226 g/mol. The first-order chi connectivity index (χ1) is 8.58. The minimum atomic E-state index is -0.132. The molecule has 2 rings (SSSR count). The maximum absolute atomic E-state index is 11.4. The Hall–Kier alpha value is -2.10. The molecule has 0 spiro atoms. The first-order valence-electron chi connectivity index (χ1n) is 5.95. The molecule has 94 valence electrons. The summed E-state index contributed by atoms with van der Waals surface area (Å²) in [5.74, 6) is -0.132. The number of carbonyl (C=O) groups is 1. The van der Waals surface area contributed by atoms with Crippen LogP contribution in [0.25, 0.3) is 5.70 Å². The molecule has 1 aromatic rings. The van der Waals surface area contributed by atoms with E-state index in [9.17, 15) is 4.79 Å². The van der Waals surface area contributed by atoms with Crippen molar-refractivity contribution in [3.8, 4) is 0 Å². The zero-order valence-electron chi connectivity index (χ0n) is 10.5.